The summed E-state index contributed by atoms with van der Waals surface area (Å²) in [5, 5.41) is 6.52. The standard InChI is InChI=1S/C24H22Cl2N2O3/c1-31-17-11-9-16(10-12-17)13-14-27-24(30)18-5-2-3-8-22(18)28-23(29)15-19-20(25)6-4-7-21(19)26/h2-12H,13-15H2,1H3,(H,27,30)(H,28,29). The van der Waals surface area contributed by atoms with Crippen molar-refractivity contribution in [3.63, 3.8) is 0 Å². The minimum absolute atomic E-state index is 0.00588. The monoisotopic (exact) mass is 456 g/mol. The average molecular weight is 457 g/mol. The van der Waals surface area contributed by atoms with E-state index in [2.05, 4.69) is 10.6 Å². The van der Waals surface area contributed by atoms with Gasteiger partial charge in [-0.2, -0.15) is 0 Å². The summed E-state index contributed by atoms with van der Waals surface area (Å²) in [7, 11) is 1.62. The molecule has 0 aliphatic heterocycles. The van der Waals surface area contributed by atoms with Gasteiger partial charge < -0.3 is 15.4 Å². The fourth-order valence-corrected chi connectivity index (χ4v) is 3.59. The molecule has 0 aromatic heterocycles. The minimum Gasteiger partial charge on any atom is -0.497 e. The number of carbonyl (C=O) groups excluding carboxylic acids is 2. The van der Waals surface area contributed by atoms with Crippen LogP contribution in [-0.2, 0) is 17.6 Å². The number of ether oxygens (including phenoxy) is 1. The Balaban J connectivity index is 1.61. The molecule has 5 nitrogen and oxygen atoms in total. The first-order valence-electron chi connectivity index (χ1n) is 9.71. The van der Waals surface area contributed by atoms with Gasteiger partial charge in [-0.05, 0) is 53.9 Å². The predicted molar refractivity (Wildman–Crippen MR) is 124 cm³/mol. The van der Waals surface area contributed by atoms with Gasteiger partial charge in [0.05, 0.1) is 24.8 Å². The van der Waals surface area contributed by atoms with Gasteiger partial charge in [-0.1, -0.05) is 53.5 Å². The first-order valence-corrected chi connectivity index (χ1v) is 10.5. The smallest absolute Gasteiger partial charge is 0.253 e. The maximum absolute atomic E-state index is 12.7. The molecule has 2 N–H and O–H groups in total. The number of amides is 2. The largest absolute Gasteiger partial charge is 0.497 e. The summed E-state index contributed by atoms with van der Waals surface area (Å²) in [5.41, 5.74) is 2.44. The van der Waals surface area contributed by atoms with Crippen LogP contribution in [0.4, 0.5) is 5.69 Å². The van der Waals surface area contributed by atoms with E-state index in [-0.39, 0.29) is 18.2 Å². The quantitative estimate of drug-likeness (QED) is 0.491. The number of methoxy groups -OCH3 is 1. The molecular formula is C24H22Cl2N2O3. The number of rotatable bonds is 8. The number of hydrogen-bond acceptors (Lipinski definition) is 3. The molecule has 0 bridgehead atoms. The summed E-state index contributed by atoms with van der Waals surface area (Å²) in [4.78, 5) is 25.2. The molecule has 31 heavy (non-hydrogen) atoms. The Bertz CT molecular complexity index is 1050. The predicted octanol–water partition coefficient (Wildman–Crippen LogP) is 5.16. The van der Waals surface area contributed by atoms with Crippen LogP contribution in [0.15, 0.2) is 66.7 Å². The van der Waals surface area contributed by atoms with Crippen molar-refractivity contribution in [1.29, 1.82) is 0 Å². The van der Waals surface area contributed by atoms with Gasteiger partial charge in [0.25, 0.3) is 5.91 Å². The summed E-state index contributed by atoms with van der Waals surface area (Å²) in [6.45, 7) is 0.461. The van der Waals surface area contributed by atoms with Crippen LogP contribution in [0.2, 0.25) is 10.0 Å². The third kappa shape index (κ3) is 6.23. The first-order chi connectivity index (χ1) is 15.0. The second-order valence-electron chi connectivity index (χ2n) is 6.82. The Morgan fingerprint density at radius 2 is 1.58 bits per heavy atom. The summed E-state index contributed by atoms with van der Waals surface area (Å²) in [5.74, 6) is 0.212. The Morgan fingerprint density at radius 1 is 0.903 bits per heavy atom. The van der Waals surface area contributed by atoms with E-state index in [0.717, 1.165) is 11.3 Å². The Labute approximate surface area is 191 Å². The number of nitrogens with one attached hydrogen (secondary N) is 2. The highest BCUT2D eigenvalue weighted by atomic mass is 35.5. The summed E-state index contributed by atoms with van der Waals surface area (Å²) >= 11 is 12.3. The van der Waals surface area contributed by atoms with Crippen molar-refractivity contribution in [2.24, 2.45) is 0 Å². The Morgan fingerprint density at radius 3 is 2.26 bits per heavy atom. The second kappa shape index (κ2) is 10.8. The SMILES string of the molecule is COc1ccc(CCNC(=O)c2ccccc2NC(=O)Cc2c(Cl)cccc2Cl)cc1. The molecule has 7 heteroatoms. The summed E-state index contributed by atoms with van der Waals surface area (Å²) < 4.78 is 5.15. The molecule has 0 fully saturated rings. The molecule has 160 valence electrons. The van der Waals surface area contributed by atoms with Gasteiger partial charge in [0.1, 0.15) is 5.75 Å². The van der Waals surface area contributed by atoms with Crippen LogP contribution < -0.4 is 15.4 Å². The normalized spacial score (nSPS) is 10.4. The third-order valence-electron chi connectivity index (χ3n) is 4.70. The lowest BCUT2D eigenvalue weighted by Crippen LogP contribution is -2.27. The summed E-state index contributed by atoms with van der Waals surface area (Å²) in [6, 6.07) is 19.6. The maximum Gasteiger partial charge on any atom is 0.253 e. The molecule has 0 aliphatic rings. The van der Waals surface area contributed by atoms with Crippen LogP contribution in [0.5, 0.6) is 5.75 Å². The zero-order valence-corrected chi connectivity index (χ0v) is 18.5. The van der Waals surface area contributed by atoms with E-state index >= 15 is 0 Å². The lowest BCUT2D eigenvalue weighted by molar-refractivity contribution is -0.115. The zero-order chi connectivity index (χ0) is 22.2. The topological polar surface area (TPSA) is 67.4 Å². The number of halogens is 2. The number of benzene rings is 3. The van der Waals surface area contributed by atoms with E-state index < -0.39 is 0 Å². The molecule has 2 amide bonds. The molecule has 0 radical (unpaired) electrons. The molecule has 0 spiro atoms. The Kier molecular flexibility index (Phi) is 7.93. The van der Waals surface area contributed by atoms with E-state index in [4.69, 9.17) is 27.9 Å². The van der Waals surface area contributed by atoms with Crippen LogP contribution in [0.1, 0.15) is 21.5 Å². The zero-order valence-electron chi connectivity index (χ0n) is 17.0. The fourth-order valence-electron chi connectivity index (χ4n) is 3.05. The van der Waals surface area contributed by atoms with Crippen molar-refractivity contribution in [3.8, 4) is 5.75 Å². The molecule has 0 heterocycles. The summed E-state index contributed by atoms with van der Waals surface area (Å²) in [6.07, 6.45) is 0.682. The van der Waals surface area contributed by atoms with Gasteiger partial charge in [0.15, 0.2) is 0 Å². The maximum atomic E-state index is 12.7. The van der Waals surface area contributed by atoms with E-state index in [0.29, 0.717) is 39.8 Å². The minimum atomic E-state index is -0.312. The number of anilines is 1. The van der Waals surface area contributed by atoms with Crippen LogP contribution in [-0.4, -0.2) is 25.5 Å². The van der Waals surface area contributed by atoms with Gasteiger partial charge in [-0.25, -0.2) is 0 Å². The van der Waals surface area contributed by atoms with E-state index in [9.17, 15) is 9.59 Å². The molecule has 3 aromatic rings. The highest BCUT2D eigenvalue weighted by Gasteiger charge is 2.15. The van der Waals surface area contributed by atoms with E-state index in [1.165, 1.54) is 0 Å². The van der Waals surface area contributed by atoms with Crippen molar-refractivity contribution in [2.75, 3.05) is 19.0 Å². The average Bonchev–Trinajstić information content (AvgIpc) is 2.77. The molecule has 0 aliphatic carbocycles. The molecule has 0 saturated heterocycles. The van der Waals surface area contributed by atoms with Gasteiger partial charge in [-0.15, -0.1) is 0 Å². The van der Waals surface area contributed by atoms with Crippen LogP contribution in [0, 0.1) is 0 Å². The Hall–Kier alpha value is -3.02. The van der Waals surface area contributed by atoms with Gasteiger partial charge in [0, 0.05) is 16.6 Å². The number of carbonyl (C=O) groups is 2. The number of para-hydroxylation sites is 1. The van der Waals surface area contributed by atoms with Crippen molar-refractivity contribution >= 4 is 40.7 Å². The highest BCUT2D eigenvalue weighted by molar-refractivity contribution is 6.36. The third-order valence-corrected chi connectivity index (χ3v) is 5.41. The molecule has 0 atom stereocenters. The van der Waals surface area contributed by atoms with E-state index in [1.807, 2.05) is 24.3 Å². The molecule has 0 unspecified atom stereocenters. The van der Waals surface area contributed by atoms with Crippen molar-refractivity contribution < 1.29 is 14.3 Å². The van der Waals surface area contributed by atoms with Crippen molar-refractivity contribution in [3.05, 3.63) is 93.5 Å². The molecule has 3 rings (SSSR count). The lowest BCUT2D eigenvalue weighted by atomic mass is 10.1. The van der Waals surface area contributed by atoms with Crippen molar-refractivity contribution in [1.82, 2.24) is 5.32 Å². The molecule has 3 aromatic carbocycles. The van der Waals surface area contributed by atoms with Crippen molar-refractivity contribution in [2.45, 2.75) is 12.8 Å². The second-order valence-corrected chi connectivity index (χ2v) is 7.64. The number of hydrogen-bond donors (Lipinski definition) is 2. The van der Waals surface area contributed by atoms with Crippen LogP contribution in [0.3, 0.4) is 0 Å². The first kappa shape index (κ1) is 22.7. The molecular weight excluding hydrogens is 435 g/mol. The van der Waals surface area contributed by atoms with Gasteiger partial charge in [-0.3, -0.25) is 9.59 Å². The highest BCUT2D eigenvalue weighted by Crippen LogP contribution is 2.25. The van der Waals surface area contributed by atoms with E-state index in [1.54, 1.807) is 49.6 Å². The van der Waals surface area contributed by atoms with Gasteiger partial charge >= 0.3 is 0 Å². The van der Waals surface area contributed by atoms with Crippen LogP contribution in [0.25, 0.3) is 0 Å². The van der Waals surface area contributed by atoms with Crippen LogP contribution >= 0.6 is 23.2 Å². The fraction of sp³-hybridized carbons (Fsp3) is 0.167. The molecule has 0 saturated carbocycles. The lowest BCUT2D eigenvalue weighted by Gasteiger charge is -2.12. The van der Waals surface area contributed by atoms with Gasteiger partial charge in [0.2, 0.25) is 5.91 Å².